The fraction of sp³-hybridized carbons (Fsp3) is 0.417. The summed E-state index contributed by atoms with van der Waals surface area (Å²) in [5.74, 6) is -0.169. The van der Waals surface area contributed by atoms with Gasteiger partial charge in [0.25, 0.3) is 0 Å². The molecule has 0 aliphatic carbocycles. The van der Waals surface area contributed by atoms with E-state index < -0.39 is 15.9 Å². The van der Waals surface area contributed by atoms with Gasteiger partial charge in [-0.15, -0.1) is 0 Å². The highest BCUT2D eigenvalue weighted by molar-refractivity contribution is 7.89. The molecule has 2 aromatic rings. The molecule has 2 aliphatic rings. The van der Waals surface area contributed by atoms with Crippen LogP contribution < -0.4 is 15.0 Å². The summed E-state index contributed by atoms with van der Waals surface area (Å²) in [5.41, 5.74) is 2.20. The molecule has 1 fully saturated rings. The molecule has 0 radical (unpaired) electrons. The van der Waals surface area contributed by atoms with Crippen LogP contribution in [0.4, 0.5) is 11.4 Å². The van der Waals surface area contributed by atoms with Crippen LogP contribution in [0.25, 0.3) is 0 Å². The summed E-state index contributed by atoms with van der Waals surface area (Å²) >= 11 is 0. The average Bonchev–Trinajstić information content (AvgIpc) is 2.83. The Kier molecular flexibility index (Phi) is 6.71. The summed E-state index contributed by atoms with van der Waals surface area (Å²) in [6.07, 6.45) is 2.74. The van der Waals surface area contributed by atoms with Crippen molar-refractivity contribution in [2.24, 2.45) is 5.92 Å². The maximum absolute atomic E-state index is 13.4. The van der Waals surface area contributed by atoms with Crippen molar-refractivity contribution >= 4 is 33.2 Å². The number of rotatable bonds is 5. The molecule has 9 heteroatoms. The van der Waals surface area contributed by atoms with Crippen LogP contribution in [0.1, 0.15) is 31.7 Å². The molecule has 0 bridgehead atoms. The first-order valence-corrected chi connectivity index (χ1v) is 12.6. The highest BCUT2D eigenvalue weighted by Crippen LogP contribution is 2.32. The molecule has 2 heterocycles. The zero-order chi connectivity index (χ0) is 23.6. The van der Waals surface area contributed by atoms with Gasteiger partial charge in [0.05, 0.1) is 23.6 Å². The van der Waals surface area contributed by atoms with Crippen LogP contribution in [0.2, 0.25) is 0 Å². The normalized spacial score (nSPS) is 19.0. The number of sulfonamides is 1. The predicted octanol–water partition coefficient (Wildman–Crippen LogP) is 3.03. The Morgan fingerprint density at radius 2 is 1.88 bits per heavy atom. The van der Waals surface area contributed by atoms with Gasteiger partial charge >= 0.3 is 0 Å². The molecule has 1 unspecified atom stereocenters. The summed E-state index contributed by atoms with van der Waals surface area (Å²) in [7, 11) is -2.22. The van der Waals surface area contributed by atoms with Crippen LogP contribution in [0.5, 0.6) is 5.75 Å². The average molecular weight is 472 g/mol. The summed E-state index contributed by atoms with van der Waals surface area (Å²) in [6, 6.07) is 12.1. The quantitative estimate of drug-likeness (QED) is 0.723. The maximum atomic E-state index is 13.4. The Labute approximate surface area is 194 Å². The summed E-state index contributed by atoms with van der Waals surface area (Å²) in [4.78, 5) is 26.7. The first-order chi connectivity index (χ1) is 15.8. The van der Waals surface area contributed by atoms with E-state index in [1.807, 2.05) is 6.07 Å². The van der Waals surface area contributed by atoms with E-state index in [1.165, 1.54) is 18.3 Å². The van der Waals surface area contributed by atoms with E-state index in [4.69, 9.17) is 4.74 Å². The van der Waals surface area contributed by atoms with Crippen molar-refractivity contribution in [3.05, 3.63) is 48.0 Å². The zero-order valence-electron chi connectivity index (χ0n) is 18.9. The van der Waals surface area contributed by atoms with E-state index in [0.717, 1.165) is 24.1 Å². The fourth-order valence-corrected chi connectivity index (χ4v) is 6.14. The highest BCUT2D eigenvalue weighted by atomic mass is 32.2. The number of ether oxygens (including phenoxy) is 1. The number of para-hydroxylation sites is 2. The number of nitrogens with zero attached hydrogens (tertiary/aromatic N) is 2. The maximum Gasteiger partial charge on any atom is 0.243 e. The smallest absolute Gasteiger partial charge is 0.243 e. The number of anilines is 2. The number of nitrogens with one attached hydrogen (secondary N) is 1. The number of fused-ring (bicyclic) bond motifs is 1. The van der Waals surface area contributed by atoms with E-state index in [9.17, 15) is 18.0 Å². The minimum absolute atomic E-state index is 0.0495. The molecule has 0 aromatic heterocycles. The van der Waals surface area contributed by atoms with E-state index in [0.29, 0.717) is 37.4 Å². The molecule has 1 N–H and O–H groups in total. The molecule has 2 amide bonds. The summed E-state index contributed by atoms with van der Waals surface area (Å²) in [5, 5.41) is 2.88. The Balaban J connectivity index is 1.52. The van der Waals surface area contributed by atoms with Crippen molar-refractivity contribution in [3.8, 4) is 5.75 Å². The van der Waals surface area contributed by atoms with Gasteiger partial charge in [0, 0.05) is 32.2 Å². The van der Waals surface area contributed by atoms with Gasteiger partial charge in [0.15, 0.2) is 0 Å². The minimum atomic E-state index is -3.76. The van der Waals surface area contributed by atoms with Gasteiger partial charge in [0.2, 0.25) is 21.8 Å². The molecule has 1 saturated heterocycles. The van der Waals surface area contributed by atoms with Crippen molar-refractivity contribution in [1.29, 1.82) is 0 Å². The van der Waals surface area contributed by atoms with Crippen LogP contribution in [0.15, 0.2) is 47.4 Å². The van der Waals surface area contributed by atoms with Gasteiger partial charge in [-0.25, -0.2) is 8.42 Å². The summed E-state index contributed by atoms with van der Waals surface area (Å²) in [6.45, 7) is 2.66. The predicted molar refractivity (Wildman–Crippen MR) is 126 cm³/mol. The lowest BCUT2D eigenvalue weighted by molar-refractivity contribution is -0.121. The molecule has 2 aromatic carbocycles. The minimum Gasteiger partial charge on any atom is -0.495 e. The Bertz CT molecular complexity index is 1160. The van der Waals surface area contributed by atoms with Gasteiger partial charge in [0.1, 0.15) is 5.75 Å². The molecular weight excluding hydrogens is 442 g/mol. The first kappa shape index (κ1) is 23.3. The van der Waals surface area contributed by atoms with Gasteiger partial charge in [-0.05, 0) is 61.6 Å². The van der Waals surface area contributed by atoms with E-state index in [2.05, 4.69) is 5.32 Å². The third-order valence-electron chi connectivity index (χ3n) is 6.31. The molecular formula is C24H29N3O5S. The molecule has 8 nitrogen and oxygen atoms in total. The van der Waals surface area contributed by atoms with Crippen LogP contribution in [-0.4, -0.2) is 51.3 Å². The monoisotopic (exact) mass is 471 g/mol. The number of amides is 2. The second kappa shape index (κ2) is 9.52. The SMILES string of the molecule is COc1ccccc1NC(=O)C1CCCN(S(=O)(=O)c2ccc3c(c2)CCCN3C(C)=O)C1. The molecule has 2 aliphatic heterocycles. The van der Waals surface area contributed by atoms with Crippen molar-refractivity contribution in [2.75, 3.05) is 37.0 Å². The summed E-state index contributed by atoms with van der Waals surface area (Å²) < 4.78 is 33.5. The van der Waals surface area contributed by atoms with Crippen molar-refractivity contribution in [3.63, 3.8) is 0 Å². The number of hydrogen-bond acceptors (Lipinski definition) is 5. The highest BCUT2D eigenvalue weighted by Gasteiger charge is 2.34. The number of carbonyl (C=O) groups excluding carboxylic acids is 2. The molecule has 0 spiro atoms. The second-order valence-corrected chi connectivity index (χ2v) is 10.4. The van der Waals surface area contributed by atoms with Crippen LogP contribution in [0, 0.1) is 5.92 Å². The largest absolute Gasteiger partial charge is 0.495 e. The number of methoxy groups -OCH3 is 1. The standard InChI is InChI=1S/C24H29N3O5S/c1-17(28)27-14-6-7-18-15-20(11-12-22(18)27)33(30,31)26-13-5-8-19(16-26)24(29)25-21-9-3-4-10-23(21)32-2/h3-4,9-12,15,19H,5-8,13-14,16H2,1-2H3,(H,25,29). The third kappa shape index (κ3) is 4.74. The van der Waals surface area contributed by atoms with Crippen molar-refractivity contribution in [1.82, 2.24) is 4.31 Å². The number of benzene rings is 2. The van der Waals surface area contributed by atoms with Crippen molar-refractivity contribution in [2.45, 2.75) is 37.5 Å². The molecule has 33 heavy (non-hydrogen) atoms. The Hall–Kier alpha value is -2.91. The third-order valence-corrected chi connectivity index (χ3v) is 8.17. The van der Waals surface area contributed by atoms with Crippen LogP contribution >= 0.6 is 0 Å². The van der Waals surface area contributed by atoms with Gasteiger partial charge < -0.3 is 15.0 Å². The Morgan fingerprint density at radius 3 is 2.64 bits per heavy atom. The fourth-order valence-electron chi connectivity index (χ4n) is 4.57. The zero-order valence-corrected chi connectivity index (χ0v) is 19.7. The van der Waals surface area contributed by atoms with E-state index >= 15 is 0 Å². The second-order valence-electron chi connectivity index (χ2n) is 8.46. The molecule has 4 rings (SSSR count). The lowest BCUT2D eigenvalue weighted by Gasteiger charge is -2.32. The van der Waals surface area contributed by atoms with E-state index in [-0.39, 0.29) is 23.3 Å². The van der Waals surface area contributed by atoms with Crippen LogP contribution in [-0.2, 0) is 26.0 Å². The van der Waals surface area contributed by atoms with E-state index in [1.54, 1.807) is 41.3 Å². The van der Waals surface area contributed by atoms with Gasteiger partial charge in [-0.1, -0.05) is 12.1 Å². The Morgan fingerprint density at radius 1 is 1.09 bits per heavy atom. The van der Waals surface area contributed by atoms with Crippen LogP contribution in [0.3, 0.4) is 0 Å². The first-order valence-electron chi connectivity index (χ1n) is 11.2. The lowest BCUT2D eigenvalue weighted by atomic mass is 9.98. The number of hydrogen-bond donors (Lipinski definition) is 1. The van der Waals surface area contributed by atoms with Gasteiger partial charge in [-0.2, -0.15) is 4.31 Å². The molecule has 1 atom stereocenters. The number of carbonyl (C=O) groups is 2. The number of piperidine rings is 1. The lowest BCUT2D eigenvalue weighted by Crippen LogP contribution is -2.43. The molecule has 0 saturated carbocycles. The van der Waals surface area contributed by atoms with Gasteiger partial charge in [-0.3, -0.25) is 9.59 Å². The topological polar surface area (TPSA) is 96.0 Å². The number of aryl methyl sites for hydroxylation is 1. The van der Waals surface area contributed by atoms with Crippen molar-refractivity contribution < 1.29 is 22.7 Å². The molecule has 176 valence electrons.